The van der Waals surface area contributed by atoms with Crippen molar-refractivity contribution in [2.24, 2.45) is 5.92 Å². The molecule has 1 fully saturated rings. The molecule has 1 heterocycles. The largest absolute Gasteiger partial charge is 0.372 e. The molecular formula is C35H44N2O2. The Morgan fingerprint density at radius 3 is 2.21 bits per heavy atom. The third kappa shape index (κ3) is 7.81. The van der Waals surface area contributed by atoms with Crippen LogP contribution in [0.1, 0.15) is 81.3 Å². The number of Topliss-reactive ketones (excluding diaryl/α,β-unsaturated/α-hetero) is 1. The number of nitrogens with zero attached hydrogens (tertiary/aromatic N) is 1. The van der Waals surface area contributed by atoms with E-state index < -0.39 is 0 Å². The van der Waals surface area contributed by atoms with Crippen LogP contribution in [0.15, 0.2) is 72.8 Å². The number of rotatable bonds is 10. The van der Waals surface area contributed by atoms with E-state index >= 15 is 0 Å². The van der Waals surface area contributed by atoms with Crippen LogP contribution in [0.25, 0.3) is 11.1 Å². The highest BCUT2D eigenvalue weighted by atomic mass is 16.1. The Bertz CT molecular complexity index is 1230. The zero-order valence-electron chi connectivity index (χ0n) is 24.1. The van der Waals surface area contributed by atoms with Crippen molar-refractivity contribution in [2.75, 3.05) is 24.5 Å². The van der Waals surface area contributed by atoms with Crippen molar-refractivity contribution in [3.63, 3.8) is 0 Å². The maximum atomic E-state index is 13.2. The monoisotopic (exact) mass is 524 g/mol. The molecule has 4 heteroatoms. The van der Waals surface area contributed by atoms with Gasteiger partial charge in [0.05, 0.1) is 0 Å². The van der Waals surface area contributed by atoms with E-state index in [9.17, 15) is 9.59 Å². The van der Waals surface area contributed by atoms with Crippen LogP contribution in [0.4, 0.5) is 5.69 Å². The summed E-state index contributed by atoms with van der Waals surface area (Å²) in [4.78, 5) is 27.5. The van der Waals surface area contributed by atoms with Crippen LogP contribution in [0.2, 0.25) is 0 Å². The number of amides is 1. The fraction of sp³-hybridized carbons (Fsp3) is 0.429. The van der Waals surface area contributed by atoms with Gasteiger partial charge in [-0.05, 0) is 78.3 Å². The lowest BCUT2D eigenvalue weighted by atomic mass is 9.85. The molecule has 0 aliphatic carbocycles. The van der Waals surface area contributed by atoms with Gasteiger partial charge in [-0.2, -0.15) is 0 Å². The summed E-state index contributed by atoms with van der Waals surface area (Å²) in [5, 5.41) is 2.92. The van der Waals surface area contributed by atoms with Crippen molar-refractivity contribution >= 4 is 17.4 Å². The summed E-state index contributed by atoms with van der Waals surface area (Å²) in [5.41, 5.74) is 6.84. The van der Waals surface area contributed by atoms with Crippen molar-refractivity contribution in [1.29, 1.82) is 0 Å². The third-order valence-electron chi connectivity index (χ3n) is 7.92. The second kappa shape index (κ2) is 13.1. The van der Waals surface area contributed by atoms with Gasteiger partial charge in [-0.1, -0.05) is 81.4 Å². The SMILES string of the molecule is CCNC(=O)CC1CCN(c2ccc(CCCC(=O)c3ccccc3-c3ccc(C(C)(C)C)cc3)cc2)CC1. The molecule has 1 N–H and O–H groups in total. The average Bonchev–Trinajstić information content (AvgIpc) is 2.93. The fourth-order valence-corrected chi connectivity index (χ4v) is 5.52. The van der Waals surface area contributed by atoms with Crippen molar-refractivity contribution < 1.29 is 9.59 Å². The van der Waals surface area contributed by atoms with Crippen LogP contribution >= 0.6 is 0 Å². The molecule has 1 saturated heterocycles. The molecule has 1 aliphatic rings. The number of hydrogen-bond donors (Lipinski definition) is 1. The summed E-state index contributed by atoms with van der Waals surface area (Å²) in [7, 11) is 0. The molecule has 4 rings (SSSR count). The van der Waals surface area contributed by atoms with Crippen molar-refractivity contribution in [1.82, 2.24) is 5.32 Å². The quantitative estimate of drug-likeness (QED) is 0.278. The van der Waals surface area contributed by atoms with Crippen LogP contribution in [-0.4, -0.2) is 31.3 Å². The van der Waals surface area contributed by atoms with Crippen LogP contribution in [0, 0.1) is 5.92 Å². The number of benzene rings is 3. The van der Waals surface area contributed by atoms with Crippen LogP contribution in [0.5, 0.6) is 0 Å². The Balaban J connectivity index is 1.28. The first-order valence-electron chi connectivity index (χ1n) is 14.6. The van der Waals surface area contributed by atoms with Gasteiger partial charge in [-0.25, -0.2) is 0 Å². The van der Waals surface area contributed by atoms with E-state index in [0.29, 0.717) is 25.3 Å². The minimum atomic E-state index is 0.108. The zero-order valence-corrected chi connectivity index (χ0v) is 24.1. The molecule has 3 aromatic carbocycles. The summed E-state index contributed by atoms with van der Waals surface area (Å²) < 4.78 is 0. The highest BCUT2D eigenvalue weighted by Crippen LogP contribution is 2.29. The molecule has 3 aromatic rings. The maximum absolute atomic E-state index is 13.2. The predicted octanol–water partition coefficient (Wildman–Crippen LogP) is 7.60. The fourth-order valence-electron chi connectivity index (χ4n) is 5.52. The minimum Gasteiger partial charge on any atom is -0.372 e. The van der Waals surface area contributed by atoms with Gasteiger partial charge in [-0.15, -0.1) is 0 Å². The normalized spacial score (nSPS) is 14.3. The molecule has 206 valence electrons. The average molecular weight is 525 g/mol. The predicted molar refractivity (Wildman–Crippen MR) is 163 cm³/mol. The van der Waals surface area contributed by atoms with E-state index in [2.05, 4.69) is 85.6 Å². The molecule has 0 saturated carbocycles. The van der Waals surface area contributed by atoms with E-state index in [-0.39, 0.29) is 17.1 Å². The highest BCUT2D eigenvalue weighted by Gasteiger charge is 2.21. The Hall–Kier alpha value is -3.40. The standard InChI is InChI=1S/C35H44N2O2/c1-5-36-34(39)25-27-21-23-37(24-22-27)30-19-13-26(14-20-30)9-8-12-33(38)32-11-7-6-10-31(32)28-15-17-29(18-16-28)35(2,3)4/h6-7,10-11,13-20,27H,5,8-9,12,21-25H2,1-4H3,(H,36,39). The summed E-state index contributed by atoms with van der Waals surface area (Å²) in [6.07, 6.45) is 5.03. The van der Waals surface area contributed by atoms with Gasteiger partial charge in [0.15, 0.2) is 5.78 Å². The van der Waals surface area contributed by atoms with Crippen molar-refractivity contribution in [3.8, 4) is 11.1 Å². The zero-order chi connectivity index (χ0) is 27.8. The molecule has 0 radical (unpaired) electrons. The van der Waals surface area contributed by atoms with Gasteiger partial charge in [0, 0.05) is 43.7 Å². The number of hydrogen-bond acceptors (Lipinski definition) is 3. The number of piperidine rings is 1. The molecule has 0 atom stereocenters. The molecule has 0 unspecified atom stereocenters. The van der Waals surface area contributed by atoms with E-state index in [1.165, 1.54) is 16.8 Å². The van der Waals surface area contributed by atoms with Crippen LogP contribution < -0.4 is 10.2 Å². The van der Waals surface area contributed by atoms with E-state index in [1.54, 1.807) is 0 Å². The Morgan fingerprint density at radius 2 is 1.56 bits per heavy atom. The molecule has 0 spiro atoms. The minimum absolute atomic E-state index is 0.108. The van der Waals surface area contributed by atoms with Gasteiger partial charge < -0.3 is 10.2 Å². The molecule has 4 nitrogen and oxygen atoms in total. The van der Waals surface area contributed by atoms with E-state index in [4.69, 9.17) is 0 Å². The van der Waals surface area contributed by atoms with Crippen molar-refractivity contribution in [3.05, 3.63) is 89.5 Å². The van der Waals surface area contributed by atoms with E-state index in [1.807, 2.05) is 25.1 Å². The maximum Gasteiger partial charge on any atom is 0.220 e. The van der Waals surface area contributed by atoms with Gasteiger partial charge in [-0.3, -0.25) is 9.59 Å². The molecule has 0 aromatic heterocycles. The summed E-state index contributed by atoms with van der Waals surface area (Å²) in [6, 6.07) is 25.4. The topological polar surface area (TPSA) is 49.4 Å². The number of carbonyl (C=O) groups is 2. The molecule has 1 aliphatic heterocycles. The van der Waals surface area contributed by atoms with Gasteiger partial charge in [0.1, 0.15) is 0 Å². The molecular weight excluding hydrogens is 480 g/mol. The number of carbonyl (C=O) groups excluding carboxylic acids is 2. The molecule has 39 heavy (non-hydrogen) atoms. The van der Waals surface area contributed by atoms with E-state index in [0.717, 1.165) is 55.5 Å². The first-order chi connectivity index (χ1) is 18.7. The number of aryl methyl sites for hydroxylation is 1. The lowest BCUT2D eigenvalue weighted by Crippen LogP contribution is -2.35. The van der Waals surface area contributed by atoms with Gasteiger partial charge >= 0.3 is 0 Å². The Kier molecular flexibility index (Phi) is 9.61. The second-order valence-corrected chi connectivity index (χ2v) is 11.9. The van der Waals surface area contributed by atoms with Gasteiger partial charge in [0.25, 0.3) is 0 Å². The lowest BCUT2D eigenvalue weighted by Gasteiger charge is -2.33. The van der Waals surface area contributed by atoms with Gasteiger partial charge in [0.2, 0.25) is 5.91 Å². The van der Waals surface area contributed by atoms with Crippen molar-refractivity contribution in [2.45, 2.75) is 71.6 Å². The highest BCUT2D eigenvalue weighted by molar-refractivity contribution is 6.02. The summed E-state index contributed by atoms with van der Waals surface area (Å²) >= 11 is 0. The number of ketones is 1. The Morgan fingerprint density at radius 1 is 0.897 bits per heavy atom. The van der Waals surface area contributed by atoms with Crippen LogP contribution in [0.3, 0.4) is 0 Å². The number of nitrogens with one attached hydrogen (secondary N) is 1. The first kappa shape index (κ1) is 28.6. The molecule has 1 amide bonds. The second-order valence-electron chi connectivity index (χ2n) is 11.9. The number of anilines is 1. The summed E-state index contributed by atoms with van der Waals surface area (Å²) in [5.74, 6) is 0.868. The summed E-state index contributed by atoms with van der Waals surface area (Å²) in [6.45, 7) is 11.3. The Labute approximate surface area is 234 Å². The van der Waals surface area contributed by atoms with Crippen LogP contribution in [-0.2, 0) is 16.6 Å². The first-order valence-corrected chi connectivity index (χ1v) is 14.6. The third-order valence-corrected chi connectivity index (χ3v) is 7.92. The lowest BCUT2D eigenvalue weighted by molar-refractivity contribution is -0.122. The molecule has 0 bridgehead atoms. The smallest absolute Gasteiger partial charge is 0.220 e.